The number of fused-ring (bicyclic) bond motifs is 1. The van der Waals surface area contributed by atoms with Crippen molar-refractivity contribution in [3.05, 3.63) is 42.0 Å². The molecule has 4 nitrogen and oxygen atoms in total. The number of piperidine rings is 1. The molecule has 0 spiro atoms. The molecule has 3 rings (SSSR count). The summed E-state index contributed by atoms with van der Waals surface area (Å²) in [7, 11) is 0. The van der Waals surface area contributed by atoms with E-state index in [1.54, 1.807) is 0 Å². The molecule has 2 aromatic rings. The highest BCUT2D eigenvalue weighted by atomic mass is 16.5. The van der Waals surface area contributed by atoms with Gasteiger partial charge in [0.05, 0.1) is 0 Å². The molecule has 1 amide bonds. The summed E-state index contributed by atoms with van der Waals surface area (Å²) in [5, 5.41) is 5.09. The van der Waals surface area contributed by atoms with Crippen LogP contribution in [0.4, 0.5) is 0 Å². The van der Waals surface area contributed by atoms with Crippen LogP contribution in [0.25, 0.3) is 10.8 Å². The van der Waals surface area contributed by atoms with Crippen molar-refractivity contribution in [3.8, 4) is 5.75 Å². The second-order valence-corrected chi connectivity index (χ2v) is 7.43. The maximum atomic E-state index is 12.1. The van der Waals surface area contributed by atoms with Gasteiger partial charge >= 0.3 is 0 Å². The summed E-state index contributed by atoms with van der Waals surface area (Å²) in [6.45, 7) is 9.47. The summed E-state index contributed by atoms with van der Waals surface area (Å²) in [5.41, 5.74) is 0.709. The maximum Gasteiger partial charge on any atom is 0.251 e. The molecule has 4 heteroatoms. The highest BCUT2D eigenvalue weighted by Gasteiger charge is 2.22. The third kappa shape index (κ3) is 4.55. The Morgan fingerprint density at radius 3 is 2.54 bits per heavy atom. The number of nitrogens with one attached hydrogen (secondary N) is 1. The lowest BCUT2D eigenvalue weighted by Crippen LogP contribution is -2.41. The Morgan fingerprint density at radius 2 is 1.85 bits per heavy atom. The van der Waals surface area contributed by atoms with Gasteiger partial charge < -0.3 is 15.0 Å². The molecule has 0 radical (unpaired) electrons. The number of benzene rings is 2. The molecule has 140 valence electrons. The normalized spacial score (nSPS) is 16.2. The van der Waals surface area contributed by atoms with E-state index in [2.05, 4.69) is 37.1 Å². The van der Waals surface area contributed by atoms with Gasteiger partial charge in [-0.2, -0.15) is 0 Å². The molecule has 2 aromatic carbocycles. The average Bonchev–Trinajstić information content (AvgIpc) is 2.66. The summed E-state index contributed by atoms with van der Waals surface area (Å²) in [6.07, 6.45) is 3.39. The molecule has 1 aliphatic rings. The van der Waals surface area contributed by atoms with Crippen LogP contribution in [-0.2, 0) is 0 Å². The second-order valence-electron chi connectivity index (χ2n) is 7.43. The van der Waals surface area contributed by atoms with Crippen LogP contribution in [0, 0.1) is 0 Å². The highest BCUT2D eigenvalue weighted by Crippen LogP contribution is 2.25. The number of likely N-dealkylation sites (tertiary alicyclic amines) is 1. The number of carbonyl (C=O) groups is 1. The third-order valence-electron chi connectivity index (χ3n) is 5.12. The molecule has 0 aliphatic carbocycles. The first-order chi connectivity index (χ1) is 12.6. The van der Waals surface area contributed by atoms with Crippen LogP contribution in [0.3, 0.4) is 0 Å². The van der Waals surface area contributed by atoms with Crippen LogP contribution in [0.5, 0.6) is 5.75 Å². The van der Waals surface area contributed by atoms with Gasteiger partial charge in [0.15, 0.2) is 0 Å². The summed E-state index contributed by atoms with van der Waals surface area (Å²) < 4.78 is 6.22. The van der Waals surface area contributed by atoms with Crippen molar-refractivity contribution in [2.24, 2.45) is 0 Å². The third-order valence-corrected chi connectivity index (χ3v) is 5.12. The Kier molecular flexibility index (Phi) is 6.15. The molecule has 1 aliphatic heterocycles. The Morgan fingerprint density at radius 1 is 1.15 bits per heavy atom. The van der Waals surface area contributed by atoms with Gasteiger partial charge in [-0.15, -0.1) is 0 Å². The first-order valence-corrected chi connectivity index (χ1v) is 9.79. The van der Waals surface area contributed by atoms with Crippen molar-refractivity contribution in [2.45, 2.75) is 52.2 Å². The minimum Gasteiger partial charge on any atom is -0.490 e. The van der Waals surface area contributed by atoms with E-state index < -0.39 is 0 Å². The smallest absolute Gasteiger partial charge is 0.251 e. The lowest BCUT2D eigenvalue weighted by atomic mass is 10.0. The van der Waals surface area contributed by atoms with Gasteiger partial charge in [-0.05, 0) is 68.1 Å². The van der Waals surface area contributed by atoms with E-state index in [4.69, 9.17) is 4.74 Å². The first kappa shape index (κ1) is 18.7. The van der Waals surface area contributed by atoms with E-state index in [9.17, 15) is 4.79 Å². The number of hydrogen-bond donors (Lipinski definition) is 1. The van der Waals surface area contributed by atoms with Crippen LogP contribution in [0.15, 0.2) is 36.4 Å². The van der Waals surface area contributed by atoms with E-state index >= 15 is 0 Å². The molecule has 0 bridgehead atoms. The quantitative estimate of drug-likeness (QED) is 0.844. The van der Waals surface area contributed by atoms with E-state index in [1.165, 1.54) is 0 Å². The van der Waals surface area contributed by atoms with Crippen LogP contribution in [-0.4, -0.2) is 42.6 Å². The molecule has 1 N–H and O–H groups in total. The summed E-state index contributed by atoms with van der Waals surface area (Å²) in [5.74, 6) is 0.912. The largest absolute Gasteiger partial charge is 0.490 e. The maximum absolute atomic E-state index is 12.1. The number of nitrogens with zero attached hydrogens (tertiary/aromatic N) is 1. The van der Waals surface area contributed by atoms with Crippen LogP contribution in [0.1, 0.15) is 50.4 Å². The summed E-state index contributed by atoms with van der Waals surface area (Å²) >= 11 is 0. The zero-order chi connectivity index (χ0) is 18.5. The van der Waals surface area contributed by atoms with E-state index in [0.29, 0.717) is 24.3 Å². The Bertz CT molecular complexity index is 749. The molecule has 1 saturated heterocycles. The number of ether oxygens (including phenoxy) is 1. The van der Waals surface area contributed by atoms with Crippen LogP contribution in [0.2, 0.25) is 0 Å². The first-order valence-electron chi connectivity index (χ1n) is 9.79. The van der Waals surface area contributed by atoms with Crippen LogP contribution < -0.4 is 10.1 Å². The van der Waals surface area contributed by atoms with E-state index in [1.807, 2.05) is 30.3 Å². The Balaban J connectivity index is 1.65. The lowest BCUT2D eigenvalue weighted by Gasteiger charge is -2.34. The molecule has 0 atom stereocenters. The standard InChI is InChI=1S/C22H30N2O2/c1-4-11-23-22(25)19-6-5-18-15-21(8-7-17(18)14-19)26-20-9-12-24(13-10-20)16(2)3/h5-8,14-16,20H,4,9-13H2,1-3H3,(H,23,25). The van der Waals surface area contributed by atoms with E-state index in [0.717, 1.165) is 48.9 Å². The van der Waals surface area contributed by atoms with Crippen molar-refractivity contribution < 1.29 is 9.53 Å². The number of amides is 1. The molecule has 26 heavy (non-hydrogen) atoms. The van der Waals surface area contributed by atoms with Crippen molar-refractivity contribution in [1.29, 1.82) is 0 Å². The van der Waals surface area contributed by atoms with Crippen molar-refractivity contribution in [3.63, 3.8) is 0 Å². The average molecular weight is 354 g/mol. The number of carbonyl (C=O) groups excluding carboxylic acids is 1. The molecular weight excluding hydrogens is 324 g/mol. The Labute approximate surface area is 156 Å². The zero-order valence-corrected chi connectivity index (χ0v) is 16.1. The fraction of sp³-hybridized carbons (Fsp3) is 0.500. The fourth-order valence-corrected chi connectivity index (χ4v) is 3.48. The Hall–Kier alpha value is -2.07. The SMILES string of the molecule is CCCNC(=O)c1ccc2cc(OC3CCN(C(C)C)CC3)ccc2c1. The predicted molar refractivity (Wildman–Crippen MR) is 107 cm³/mol. The van der Waals surface area contributed by atoms with Gasteiger partial charge in [0, 0.05) is 31.2 Å². The van der Waals surface area contributed by atoms with Crippen molar-refractivity contribution in [2.75, 3.05) is 19.6 Å². The monoisotopic (exact) mass is 354 g/mol. The van der Waals surface area contributed by atoms with Gasteiger partial charge in [0.1, 0.15) is 11.9 Å². The van der Waals surface area contributed by atoms with E-state index in [-0.39, 0.29) is 5.91 Å². The lowest BCUT2D eigenvalue weighted by molar-refractivity contribution is 0.0844. The summed E-state index contributed by atoms with van der Waals surface area (Å²) in [4.78, 5) is 14.6. The minimum absolute atomic E-state index is 0.00834. The van der Waals surface area contributed by atoms with Gasteiger partial charge in [-0.3, -0.25) is 4.79 Å². The minimum atomic E-state index is -0.00834. The van der Waals surface area contributed by atoms with Gasteiger partial charge in [-0.25, -0.2) is 0 Å². The number of rotatable bonds is 6. The van der Waals surface area contributed by atoms with Crippen molar-refractivity contribution >= 4 is 16.7 Å². The zero-order valence-electron chi connectivity index (χ0n) is 16.1. The van der Waals surface area contributed by atoms with Crippen molar-refractivity contribution in [1.82, 2.24) is 10.2 Å². The summed E-state index contributed by atoms with van der Waals surface area (Å²) in [6, 6.07) is 12.6. The van der Waals surface area contributed by atoms with Gasteiger partial charge in [0.2, 0.25) is 0 Å². The highest BCUT2D eigenvalue weighted by molar-refractivity contribution is 5.98. The molecule has 0 saturated carbocycles. The van der Waals surface area contributed by atoms with Gasteiger partial charge in [-0.1, -0.05) is 19.1 Å². The van der Waals surface area contributed by atoms with Crippen LogP contribution >= 0.6 is 0 Å². The topological polar surface area (TPSA) is 41.6 Å². The molecular formula is C22H30N2O2. The molecule has 1 fully saturated rings. The predicted octanol–water partition coefficient (Wildman–Crippen LogP) is 4.23. The number of hydrogen-bond acceptors (Lipinski definition) is 3. The molecule has 0 unspecified atom stereocenters. The molecule has 1 heterocycles. The fourth-order valence-electron chi connectivity index (χ4n) is 3.48. The second kappa shape index (κ2) is 8.54. The molecule has 0 aromatic heterocycles. The van der Waals surface area contributed by atoms with Gasteiger partial charge in [0.25, 0.3) is 5.91 Å².